The number of nitro groups is 1. The van der Waals surface area contributed by atoms with Gasteiger partial charge in [0.1, 0.15) is 5.56 Å². The van der Waals surface area contributed by atoms with Gasteiger partial charge in [0, 0.05) is 12.6 Å². The molecule has 2 N–H and O–H groups in total. The fourth-order valence-corrected chi connectivity index (χ4v) is 1.33. The zero-order valence-electron chi connectivity index (χ0n) is 8.61. The summed E-state index contributed by atoms with van der Waals surface area (Å²) >= 11 is 0. The summed E-state index contributed by atoms with van der Waals surface area (Å²) in [6, 6.07) is 0.157. The van der Waals surface area contributed by atoms with E-state index >= 15 is 0 Å². The van der Waals surface area contributed by atoms with Gasteiger partial charge in [-0.1, -0.05) is 0 Å². The molecule has 0 saturated carbocycles. The Kier molecular flexibility index (Phi) is 3.12. The lowest BCUT2D eigenvalue weighted by atomic mass is 10.2. The van der Waals surface area contributed by atoms with Crippen LogP contribution in [0, 0.1) is 10.1 Å². The lowest BCUT2D eigenvalue weighted by Crippen LogP contribution is -2.30. The van der Waals surface area contributed by atoms with Crippen molar-refractivity contribution >= 4 is 11.5 Å². The molecule has 0 saturated heterocycles. The second kappa shape index (κ2) is 4.07. The predicted molar refractivity (Wildman–Crippen MR) is 52.4 cm³/mol. The van der Waals surface area contributed by atoms with Gasteiger partial charge in [0.25, 0.3) is 5.56 Å². The molecule has 0 amide bonds. The summed E-state index contributed by atoms with van der Waals surface area (Å²) in [7, 11) is 0. The molecule has 1 heterocycles. The van der Waals surface area contributed by atoms with Gasteiger partial charge in [-0.25, -0.2) is 0 Å². The van der Waals surface area contributed by atoms with E-state index in [1.54, 1.807) is 0 Å². The van der Waals surface area contributed by atoms with E-state index in [1.165, 1.54) is 6.92 Å². The van der Waals surface area contributed by atoms with Crippen molar-refractivity contribution in [1.82, 2.24) is 4.57 Å². The molecule has 0 radical (unpaired) electrons. The summed E-state index contributed by atoms with van der Waals surface area (Å²) in [6.45, 7) is 1.18. The minimum atomic E-state index is -4.95. The van der Waals surface area contributed by atoms with Gasteiger partial charge >= 0.3 is 11.9 Å². The molecule has 1 aromatic rings. The molecule has 0 aliphatic heterocycles. The van der Waals surface area contributed by atoms with Crippen molar-refractivity contribution in [1.29, 1.82) is 0 Å². The molecule has 0 atom stereocenters. The van der Waals surface area contributed by atoms with E-state index in [4.69, 9.17) is 5.73 Å². The molecule has 9 heteroatoms. The summed E-state index contributed by atoms with van der Waals surface area (Å²) in [6.07, 6.45) is -4.95. The van der Waals surface area contributed by atoms with Gasteiger partial charge in [-0.05, 0) is 6.92 Å². The number of nitrogen functional groups attached to an aromatic ring is 1. The van der Waals surface area contributed by atoms with E-state index in [0.717, 1.165) is 0 Å². The number of hydrogen-bond acceptors (Lipinski definition) is 4. The first-order valence-corrected chi connectivity index (χ1v) is 4.45. The molecule has 0 aliphatic carbocycles. The molecule has 0 bridgehead atoms. The third kappa shape index (κ3) is 2.22. The van der Waals surface area contributed by atoms with Crippen LogP contribution in [0.1, 0.15) is 12.5 Å². The predicted octanol–water partition coefficient (Wildman–Crippen LogP) is 1.38. The average molecular weight is 251 g/mol. The number of nitrogens with two attached hydrogens (primary N) is 1. The first-order valence-electron chi connectivity index (χ1n) is 4.45. The smallest absolute Gasteiger partial charge is 0.379 e. The van der Waals surface area contributed by atoms with Crippen LogP contribution in [0.5, 0.6) is 0 Å². The van der Waals surface area contributed by atoms with Crippen LogP contribution < -0.4 is 11.3 Å². The molecule has 0 aromatic carbocycles. The van der Waals surface area contributed by atoms with Gasteiger partial charge in [-0.3, -0.25) is 19.5 Å². The summed E-state index contributed by atoms with van der Waals surface area (Å²) in [5, 5.41) is 10.5. The number of rotatable bonds is 2. The third-order valence-electron chi connectivity index (χ3n) is 2.13. The van der Waals surface area contributed by atoms with Gasteiger partial charge in [0.2, 0.25) is 0 Å². The topological polar surface area (TPSA) is 91.2 Å². The van der Waals surface area contributed by atoms with Crippen molar-refractivity contribution < 1.29 is 18.1 Å². The highest BCUT2D eigenvalue weighted by Gasteiger charge is 2.37. The van der Waals surface area contributed by atoms with Crippen LogP contribution >= 0.6 is 0 Å². The molecule has 6 nitrogen and oxygen atoms in total. The van der Waals surface area contributed by atoms with E-state index in [9.17, 15) is 28.1 Å². The Morgan fingerprint density at radius 3 is 2.41 bits per heavy atom. The highest BCUT2D eigenvalue weighted by atomic mass is 19.4. The van der Waals surface area contributed by atoms with Crippen molar-refractivity contribution in [2.75, 3.05) is 5.73 Å². The molecule has 1 rings (SSSR count). The van der Waals surface area contributed by atoms with Crippen LogP contribution in [0.2, 0.25) is 0 Å². The van der Waals surface area contributed by atoms with E-state index in [1.807, 2.05) is 0 Å². The second-order valence-corrected chi connectivity index (χ2v) is 3.13. The summed E-state index contributed by atoms with van der Waals surface area (Å²) in [5.74, 6) is -0.588. The van der Waals surface area contributed by atoms with Crippen LogP contribution in [-0.4, -0.2) is 9.49 Å². The maximum Gasteiger partial charge on any atom is 0.421 e. The minimum Gasteiger partial charge on any atom is -0.379 e. The van der Waals surface area contributed by atoms with Crippen molar-refractivity contribution in [2.45, 2.75) is 19.6 Å². The maximum absolute atomic E-state index is 12.5. The summed E-state index contributed by atoms with van der Waals surface area (Å²) in [4.78, 5) is 20.8. The molecule has 0 unspecified atom stereocenters. The number of alkyl halides is 3. The second-order valence-electron chi connectivity index (χ2n) is 3.13. The summed E-state index contributed by atoms with van der Waals surface area (Å²) in [5.41, 5.74) is 1.35. The van der Waals surface area contributed by atoms with Crippen molar-refractivity contribution in [2.24, 2.45) is 0 Å². The average Bonchev–Trinajstić information content (AvgIpc) is 2.15. The van der Waals surface area contributed by atoms with Gasteiger partial charge in [0.15, 0.2) is 5.82 Å². The standard InChI is InChI=1S/C8H8F3N3O3/c1-2-13-6(12)5(14(16)17)3-4(7(13)15)8(9,10)11/h3H,2,12H2,1H3. The first-order chi connectivity index (χ1) is 7.70. The monoisotopic (exact) mass is 251 g/mol. The zero-order chi connectivity index (χ0) is 13.4. The number of hydrogen-bond donors (Lipinski definition) is 1. The highest BCUT2D eigenvalue weighted by Crippen LogP contribution is 2.31. The number of anilines is 1. The Balaban J connectivity index is 3.71. The minimum absolute atomic E-state index is 0.157. The molecular formula is C8H8F3N3O3. The van der Waals surface area contributed by atoms with E-state index < -0.39 is 33.7 Å². The van der Waals surface area contributed by atoms with E-state index in [0.29, 0.717) is 4.57 Å². The van der Waals surface area contributed by atoms with E-state index in [-0.39, 0.29) is 12.6 Å². The Hall–Kier alpha value is -2.06. The fourth-order valence-electron chi connectivity index (χ4n) is 1.33. The third-order valence-corrected chi connectivity index (χ3v) is 2.13. The SMILES string of the molecule is CCn1c(N)c([N+](=O)[O-])cc(C(F)(F)F)c1=O. The Morgan fingerprint density at radius 2 is 2.06 bits per heavy atom. The zero-order valence-corrected chi connectivity index (χ0v) is 8.61. The molecule has 0 aliphatic rings. The largest absolute Gasteiger partial charge is 0.421 e. The van der Waals surface area contributed by atoms with Crippen LogP contribution in [-0.2, 0) is 12.7 Å². The number of nitrogens with zero attached hydrogens (tertiary/aromatic N) is 2. The Morgan fingerprint density at radius 1 is 1.53 bits per heavy atom. The van der Waals surface area contributed by atoms with Crippen molar-refractivity contribution in [3.05, 3.63) is 32.1 Å². The molecular weight excluding hydrogens is 243 g/mol. The lowest BCUT2D eigenvalue weighted by Gasteiger charge is -2.11. The van der Waals surface area contributed by atoms with E-state index in [2.05, 4.69) is 0 Å². The van der Waals surface area contributed by atoms with Gasteiger partial charge in [-0.15, -0.1) is 0 Å². The lowest BCUT2D eigenvalue weighted by molar-refractivity contribution is -0.384. The molecule has 0 spiro atoms. The normalized spacial score (nSPS) is 11.5. The van der Waals surface area contributed by atoms with Crippen molar-refractivity contribution in [3.63, 3.8) is 0 Å². The number of pyridine rings is 1. The highest BCUT2D eigenvalue weighted by molar-refractivity contribution is 5.54. The van der Waals surface area contributed by atoms with Crippen LogP contribution in [0.3, 0.4) is 0 Å². The fraction of sp³-hybridized carbons (Fsp3) is 0.375. The molecule has 0 fully saturated rings. The Bertz CT molecular complexity index is 521. The Labute approximate surface area is 92.6 Å². The van der Waals surface area contributed by atoms with Crippen LogP contribution in [0.15, 0.2) is 10.9 Å². The quantitative estimate of drug-likeness (QED) is 0.634. The molecule has 1 aromatic heterocycles. The van der Waals surface area contributed by atoms with Crippen LogP contribution in [0.4, 0.5) is 24.7 Å². The van der Waals surface area contributed by atoms with Gasteiger partial charge in [0.05, 0.1) is 4.92 Å². The summed E-state index contributed by atoms with van der Waals surface area (Å²) < 4.78 is 37.9. The van der Waals surface area contributed by atoms with Gasteiger partial charge in [-0.2, -0.15) is 13.2 Å². The molecule has 94 valence electrons. The van der Waals surface area contributed by atoms with Crippen LogP contribution in [0.25, 0.3) is 0 Å². The number of halogens is 3. The number of aromatic nitrogens is 1. The maximum atomic E-state index is 12.5. The van der Waals surface area contributed by atoms with Gasteiger partial charge < -0.3 is 5.73 Å². The molecule has 17 heavy (non-hydrogen) atoms. The first kappa shape index (κ1) is 13.0. The van der Waals surface area contributed by atoms with Crippen molar-refractivity contribution in [3.8, 4) is 0 Å².